The van der Waals surface area contributed by atoms with Crippen LogP contribution in [0.2, 0.25) is 6.04 Å². The molecule has 0 spiro atoms. The Balaban J connectivity index is 2.90. The lowest BCUT2D eigenvalue weighted by Gasteiger charge is -2.03. The molecular weight excluding hydrogens is 288 g/mol. The van der Waals surface area contributed by atoms with Crippen LogP contribution in [0.5, 0.6) is 0 Å². The largest absolute Gasteiger partial charge is 0.466 e. The Morgan fingerprint density at radius 1 is 0.571 bits per heavy atom. The molecule has 0 amide bonds. The van der Waals surface area contributed by atoms with Crippen LogP contribution < -0.4 is 0 Å². The summed E-state index contributed by atoms with van der Waals surface area (Å²) in [6.45, 7) is 2.30. The molecule has 0 N–H and O–H groups in total. The Morgan fingerprint density at radius 3 is 1.24 bits per heavy atom. The summed E-state index contributed by atoms with van der Waals surface area (Å²) >= 11 is 0. The Bertz CT molecular complexity index is 159. The van der Waals surface area contributed by atoms with Gasteiger partial charge >= 0.3 is 0 Å². The fourth-order valence-electron chi connectivity index (χ4n) is 2.89. The summed E-state index contributed by atoms with van der Waals surface area (Å²) in [6, 6.07) is 1.36. The maximum atomic E-state index is 5.29. The zero-order valence-electron chi connectivity index (χ0n) is 15.0. The van der Waals surface area contributed by atoms with Crippen LogP contribution in [0.25, 0.3) is 0 Å². The van der Waals surface area contributed by atoms with E-state index in [1.807, 2.05) is 0 Å². The highest BCUT2D eigenvalue weighted by atomic mass is 28.3. The molecule has 0 rings (SSSR count). The lowest BCUT2D eigenvalue weighted by molar-refractivity contribution is 0.530. The van der Waals surface area contributed by atoms with E-state index in [0.717, 1.165) is 10.5 Å². The standard InChI is InChI=1S/C18H41OSi2/c1-2-3-4-5-6-7-8-9-10-11-12-13-14-15-16-17-18-21-19-20/h21H,2-18H2,1,20H3. The van der Waals surface area contributed by atoms with Crippen molar-refractivity contribution in [3.05, 3.63) is 0 Å². The Hall–Kier alpha value is 0.394. The second kappa shape index (κ2) is 20.4. The minimum Gasteiger partial charge on any atom is -0.466 e. The molecule has 0 aromatic rings. The number of hydrogen-bond acceptors (Lipinski definition) is 1. The molecule has 1 nitrogen and oxygen atoms in total. The fourth-order valence-corrected chi connectivity index (χ4v) is 4.29. The minimum absolute atomic E-state index is 0.353. The zero-order valence-corrected chi connectivity index (χ0v) is 18.2. The molecule has 0 aromatic heterocycles. The van der Waals surface area contributed by atoms with E-state index in [0.29, 0.717) is 9.76 Å². The van der Waals surface area contributed by atoms with Gasteiger partial charge in [0, 0.05) is 0 Å². The van der Waals surface area contributed by atoms with Crippen LogP contribution in [0.4, 0.5) is 0 Å². The van der Waals surface area contributed by atoms with E-state index in [-0.39, 0.29) is 0 Å². The first kappa shape index (κ1) is 21.4. The first-order valence-electron chi connectivity index (χ1n) is 9.76. The molecule has 0 aliphatic carbocycles. The molecule has 127 valence electrons. The first-order chi connectivity index (χ1) is 10.4. The van der Waals surface area contributed by atoms with E-state index in [9.17, 15) is 0 Å². The van der Waals surface area contributed by atoms with Gasteiger partial charge in [-0.15, -0.1) is 0 Å². The minimum atomic E-state index is 0.353. The van der Waals surface area contributed by atoms with Crippen LogP contribution >= 0.6 is 0 Å². The number of unbranched alkanes of at least 4 members (excludes halogenated alkanes) is 15. The third-order valence-electron chi connectivity index (χ3n) is 4.34. The Kier molecular flexibility index (Phi) is 20.8. The summed E-state index contributed by atoms with van der Waals surface area (Å²) in [4.78, 5) is 0. The van der Waals surface area contributed by atoms with Crippen LogP contribution in [-0.4, -0.2) is 20.2 Å². The number of hydrogen-bond donors (Lipinski definition) is 0. The van der Waals surface area contributed by atoms with Crippen LogP contribution in [0.3, 0.4) is 0 Å². The molecule has 0 bridgehead atoms. The average molecular weight is 330 g/mol. The van der Waals surface area contributed by atoms with Crippen molar-refractivity contribution in [1.29, 1.82) is 0 Å². The summed E-state index contributed by atoms with van der Waals surface area (Å²) in [5.74, 6) is 0. The van der Waals surface area contributed by atoms with E-state index in [2.05, 4.69) is 6.92 Å². The van der Waals surface area contributed by atoms with Crippen molar-refractivity contribution in [2.75, 3.05) is 0 Å². The van der Waals surface area contributed by atoms with Gasteiger partial charge in [-0.25, -0.2) is 0 Å². The van der Waals surface area contributed by atoms with Gasteiger partial charge in [0.1, 0.15) is 10.5 Å². The van der Waals surface area contributed by atoms with Gasteiger partial charge in [-0.2, -0.15) is 0 Å². The van der Waals surface area contributed by atoms with E-state index in [1.165, 1.54) is 109 Å². The fraction of sp³-hybridized carbons (Fsp3) is 1.00. The van der Waals surface area contributed by atoms with Crippen molar-refractivity contribution in [2.24, 2.45) is 0 Å². The van der Waals surface area contributed by atoms with Gasteiger partial charge in [0.15, 0.2) is 9.76 Å². The SMILES string of the molecule is CCCCCCCCCCCCCCCCCC[SiH]O[SiH3]. The van der Waals surface area contributed by atoms with Gasteiger partial charge in [0.25, 0.3) is 0 Å². The Morgan fingerprint density at radius 2 is 0.905 bits per heavy atom. The van der Waals surface area contributed by atoms with Crippen molar-refractivity contribution in [3.8, 4) is 0 Å². The van der Waals surface area contributed by atoms with Crippen LogP contribution in [0.15, 0.2) is 0 Å². The molecule has 1 radical (unpaired) electrons. The molecule has 0 atom stereocenters. The van der Waals surface area contributed by atoms with Crippen molar-refractivity contribution in [3.63, 3.8) is 0 Å². The molecule has 0 fully saturated rings. The van der Waals surface area contributed by atoms with E-state index >= 15 is 0 Å². The van der Waals surface area contributed by atoms with Crippen molar-refractivity contribution in [2.45, 2.75) is 116 Å². The smallest absolute Gasteiger partial charge is 0.177 e. The van der Waals surface area contributed by atoms with E-state index in [1.54, 1.807) is 0 Å². The molecule has 0 unspecified atom stereocenters. The lowest BCUT2D eigenvalue weighted by atomic mass is 10.0. The highest BCUT2D eigenvalue weighted by Crippen LogP contribution is 2.13. The molecule has 0 saturated heterocycles. The molecule has 0 aromatic carbocycles. The lowest BCUT2D eigenvalue weighted by Crippen LogP contribution is -1.93. The van der Waals surface area contributed by atoms with Crippen molar-refractivity contribution < 1.29 is 4.12 Å². The monoisotopic (exact) mass is 329 g/mol. The summed E-state index contributed by atoms with van der Waals surface area (Å²) in [5, 5.41) is 0. The van der Waals surface area contributed by atoms with Crippen molar-refractivity contribution in [1.82, 2.24) is 0 Å². The normalized spacial score (nSPS) is 11.3. The van der Waals surface area contributed by atoms with Gasteiger partial charge in [0.05, 0.1) is 0 Å². The summed E-state index contributed by atoms with van der Waals surface area (Å²) in [7, 11) is 1.30. The molecule has 0 aliphatic heterocycles. The molecule has 0 heterocycles. The third-order valence-corrected chi connectivity index (χ3v) is 6.32. The zero-order chi connectivity index (χ0) is 15.4. The van der Waals surface area contributed by atoms with Gasteiger partial charge in [-0.1, -0.05) is 110 Å². The predicted octanol–water partition coefficient (Wildman–Crippen LogP) is 5.31. The van der Waals surface area contributed by atoms with Gasteiger partial charge in [-0.05, 0) is 6.04 Å². The molecule has 0 saturated carbocycles. The summed E-state index contributed by atoms with van der Waals surface area (Å²) in [6.07, 6.45) is 23.4. The predicted molar refractivity (Wildman–Crippen MR) is 103 cm³/mol. The van der Waals surface area contributed by atoms with Crippen LogP contribution in [0.1, 0.15) is 110 Å². The summed E-state index contributed by atoms with van der Waals surface area (Å²) < 4.78 is 5.29. The molecule has 21 heavy (non-hydrogen) atoms. The van der Waals surface area contributed by atoms with Gasteiger partial charge < -0.3 is 4.12 Å². The molecule has 3 heteroatoms. The van der Waals surface area contributed by atoms with Gasteiger partial charge in [-0.3, -0.25) is 0 Å². The highest BCUT2D eigenvalue weighted by molar-refractivity contribution is 6.34. The third kappa shape index (κ3) is 20.4. The summed E-state index contributed by atoms with van der Waals surface area (Å²) in [5.41, 5.74) is 0. The van der Waals surface area contributed by atoms with Crippen LogP contribution in [0, 0.1) is 0 Å². The maximum Gasteiger partial charge on any atom is 0.177 e. The second-order valence-electron chi connectivity index (χ2n) is 6.49. The average Bonchev–Trinajstić information content (AvgIpc) is 2.50. The second-order valence-corrected chi connectivity index (χ2v) is 9.29. The van der Waals surface area contributed by atoms with Crippen molar-refractivity contribution >= 4 is 20.2 Å². The van der Waals surface area contributed by atoms with E-state index in [4.69, 9.17) is 4.12 Å². The maximum absolute atomic E-state index is 5.29. The highest BCUT2D eigenvalue weighted by Gasteiger charge is 1.94. The quantitative estimate of drug-likeness (QED) is 0.244. The number of rotatable bonds is 18. The van der Waals surface area contributed by atoms with Gasteiger partial charge in [0.2, 0.25) is 0 Å². The topological polar surface area (TPSA) is 9.23 Å². The Labute approximate surface area is 140 Å². The van der Waals surface area contributed by atoms with E-state index < -0.39 is 0 Å². The molecule has 0 aliphatic rings. The first-order valence-corrected chi connectivity index (χ1v) is 11.9. The van der Waals surface area contributed by atoms with Crippen LogP contribution in [-0.2, 0) is 4.12 Å². The molecular formula is C18H41OSi2.